The van der Waals surface area contributed by atoms with Gasteiger partial charge in [-0.2, -0.15) is 0 Å². The van der Waals surface area contributed by atoms with Gasteiger partial charge < -0.3 is 15.1 Å². The number of nitrogens with one attached hydrogen (secondary N) is 2. The van der Waals surface area contributed by atoms with Crippen molar-refractivity contribution < 1.29 is 12.8 Å². The van der Waals surface area contributed by atoms with Gasteiger partial charge in [0.25, 0.3) is 0 Å². The van der Waals surface area contributed by atoms with Crippen LogP contribution in [0.4, 0.5) is 0 Å². The van der Waals surface area contributed by atoms with Gasteiger partial charge in [-0.25, -0.2) is 8.42 Å². The standard InChI is InChI=1S/C19H27N3O3S/c1-5-16(13-26(23,24)17-9-7-6-8-10-17)22-19(20-4)21-15(3)18-12-11-14(2)25-18/h6-12,15-16H,5,13H2,1-4H3,(H2,20,21,22). The minimum Gasteiger partial charge on any atom is -0.464 e. The number of sulfone groups is 1. The molecular weight excluding hydrogens is 350 g/mol. The molecule has 0 saturated heterocycles. The van der Waals surface area contributed by atoms with Gasteiger partial charge in [-0.05, 0) is 44.5 Å². The molecule has 0 radical (unpaired) electrons. The molecule has 0 spiro atoms. The fraction of sp³-hybridized carbons (Fsp3) is 0.421. The summed E-state index contributed by atoms with van der Waals surface area (Å²) >= 11 is 0. The Labute approximate surface area is 155 Å². The third-order valence-corrected chi connectivity index (χ3v) is 5.95. The summed E-state index contributed by atoms with van der Waals surface area (Å²) in [5, 5.41) is 6.44. The molecule has 2 N–H and O–H groups in total. The van der Waals surface area contributed by atoms with Crippen molar-refractivity contribution in [2.75, 3.05) is 12.8 Å². The monoisotopic (exact) mass is 377 g/mol. The van der Waals surface area contributed by atoms with E-state index in [-0.39, 0.29) is 17.8 Å². The second-order valence-electron chi connectivity index (χ2n) is 6.23. The quantitative estimate of drug-likeness (QED) is 0.572. The Bertz CT molecular complexity index is 829. The highest BCUT2D eigenvalue weighted by Crippen LogP contribution is 2.16. The van der Waals surface area contributed by atoms with Crippen molar-refractivity contribution in [3.05, 3.63) is 54.0 Å². The minimum atomic E-state index is -3.37. The normalized spacial score (nSPS) is 14.7. The summed E-state index contributed by atoms with van der Waals surface area (Å²) in [4.78, 5) is 4.54. The Morgan fingerprint density at radius 2 is 1.85 bits per heavy atom. The van der Waals surface area contributed by atoms with Gasteiger partial charge >= 0.3 is 0 Å². The summed E-state index contributed by atoms with van der Waals surface area (Å²) in [5.74, 6) is 2.19. The van der Waals surface area contributed by atoms with Crippen LogP contribution in [-0.4, -0.2) is 33.2 Å². The fourth-order valence-corrected chi connectivity index (χ4v) is 4.19. The van der Waals surface area contributed by atoms with E-state index in [1.165, 1.54) is 0 Å². The van der Waals surface area contributed by atoms with Gasteiger partial charge in [-0.15, -0.1) is 0 Å². The van der Waals surface area contributed by atoms with Gasteiger partial charge in [-0.1, -0.05) is 25.1 Å². The van der Waals surface area contributed by atoms with Crippen LogP contribution in [0, 0.1) is 6.92 Å². The van der Waals surface area contributed by atoms with E-state index in [4.69, 9.17) is 4.42 Å². The first kappa shape index (κ1) is 20.0. The number of guanidine groups is 1. The average molecular weight is 378 g/mol. The molecule has 0 amide bonds. The van der Waals surface area contributed by atoms with E-state index in [0.29, 0.717) is 17.3 Å². The predicted molar refractivity (Wildman–Crippen MR) is 104 cm³/mol. The maximum atomic E-state index is 12.6. The zero-order chi connectivity index (χ0) is 19.2. The molecule has 0 aliphatic carbocycles. The van der Waals surface area contributed by atoms with Crippen LogP contribution in [0.15, 0.2) is 56.8 Å². The predicted octanol–water partition coefficient (Wildman–Crippen LogP) is 3.07. The highest BCUT2D eigenvalue weighted by Gasteiger charge is 2.21. The van der Waals surface area contributed by atoms with Crippen LogP contribution in [0.25, 0.3) is 0 Å². The number of hydrogen-bond acceptors (Lipinski definition) is 4. The van der Waals surface area contributed by atoms with E-state index >= 15 is 0 Å². The summed E-state index contributed by atoms with van der Waals surface area (Å²) in [7, 11) is -1.71. The maximum absolute atomic E-state index is 12.6. The number of aliphatic imine (C=N–C) groups is 1. The zero-order valence-electron chi connectivity index (χ0n) is 15.7. The average Bonchev–Trinajstić information content (AvgIpc) is 3.07. The van der Waals surface area contributed by atoms with Crippen molar-refractivity contribution in [3.63, 3.8) is 0 Å². The van der Waals surface area contributed by atoms with Gasteiger partial charge in [0.05, 0.1) is 16.7 Å². The van der Waals surface area contributed by atoms with Crippen molar-refractivity contribution in [3.8, 4) is 0 Å². The third kappa shape index (κ3) is 5.36. The van der Waals surface area contributed by atoms with E-state index in [2.05, 4.69) is 15.6 Å². The zero-order valence-corrected chi connectivity index (χ0v) is 16.5. The van der Waals surface area contributed by atoms with Crippen LogP contribution in [0.2, 0.25) is 0 Å². The third-order valence-electron chi connectivity index (χ3n) is 4.12. The van der Waals surface area contributed by atoms with E-state index in [1.807, 2.05) is 32.9 Å². The molecular formula is C19H27N3O3S. The smallest absolute Gasteiger partial charge is 0.191 e. The van der Waals surface area contributed by atoms with Crippen LogP contribution in [0.1, 0.15) is 37.8 Å². The first-order valence-electron chi connectivity index (χ1n) is 8.69. The molecule has 0 bridgehead atoms. The highest BCUT2D eigenvalue weighted by molar-refractivity contribution is 7.91. The molecule has 2 atom stereocenters. The molecule has 2 rings (SSSR count). The summed E-state index contributed by atoms with van der Waals surface area (Å²) in [6.07, 6.45) is 0.654. The number of rotatable bonds is 7. The Kier molecular flexibility index (Phi) is 6.85. The Balaban J connectivity index is 2.03. The fourth-order valence-electron chi connectivity index (χ4n) is 2.58. The van der Waals surface area contributed by atoms with Gasteiger partial charge in [-0.3, -0.25) is 4.99 Å². The minimum absolute atomic E-state index is 0.00243. The molecule has 1 aromatic carbocycles. The van der Waals surface area contributed by atoms with Crippen molar-refractivity contribution in [2.24, 2.45) is 4.99 Å². The Hall–Kier alpha value is -2.28. The lowest BCUT2D eigenvalue weighted by Crippen LogP contribution is -2.46. The van der Waals surface area contributed by atoms with Crippen LogP contribution in [-0.2, 0) is 9.84 Å². The largest absolute Gasteiger partial charge is 0.464 e. The molecule has 26 heavy (non-hydrogen) atoms. The molecule has 1 heterocycles. The van der Waals surface area contributed by atoms with E-state index in [9.17, 15) is 8.42 Å². The van der Waals surface area contributed by atoms with Crippen LogP contribution in [0.3, 0.4) is 0 Å². The van der Waals surface area contributed by atoms with Crippen molar-refractivity contribution in [1.82, 2.24) is 10.6 Å². The van der Waals surface area contributed by atoms with Crippen LogP contribution in [0.5, 0.6) is 0 Å². The van der Waals surface area contributed by atoms with Crippen LogP contribution >= 0.6 is 0 Å². The molecule has 1 aromatic heterocycles. The number of furan rings is 1. The van der Waals surface area contributed by atoms with Crippen LogP contribution < -0.4 is 10.6 Å². The molecule has 6 nitrogen and oxygen atoms in total. The molecule has 2 unspecified atom stereocenters. The van der Waals surface area contributed by atoms with Crippen molar-refractivity contribution in [2.45, 2.75) is 44.2 Å². The van der Waals surface area contributed by atoms with Crippen molar-refractivity contribution >= 4 is 15.8 Å². The number of hydrogen-bond donors (Lipinski definition) is 2. The van der Waals surface area contributed by atoms with E-state index in [0.717, 1.165) is 11.5 Å². The van der Waals surface area contributed by atoms with E-state index < -0.39 is 9.84 Å². The Morgan fingerprint density at radius 1 is 1.15 bits per heavy atom. The second-order valence-corrected chi connectivity index (χ2v) is 8.26. The summed E-state index contributed by atoms with van der Waals surface area (Å²) < 4.78 is 30.8. The summed E-state index contributed by atoms with van der Waals surface area (Å²) in [6, 6.07) is 12.0. The lowest BCUT2D eigenvalue weighted by molar-refractivity contribution is 0.439. The topological polar surface area (TPSA) is 83.7 Å². The van der Waals surface area contributed by atoms with E-state index in [1.54, 1.807) is 37.4 Å². The molecule has 0 saturated carbocycles. The van der Waals surface area contributed by atoms with Gasteiger partial charge in [0.2, 0.25) is 0 Å². The van der Waals surface area contributed by atoms with Gasteiger partial charge in [0.15, 0.2) is 15.8 Å². The van der Waals surface area contributed by atoms with Gasteiger partial charge in [0.1, 0.15) is 11.5 Å². The molecule has 2 aromatic rings. The lowest BCUT2D eigenvalue weighted by atomic mass is 10.2. The second kappa shape index (κ2) is 8.89. The number of nitrogens with zero attached hydrogens (tertiary/aromatic N) is 1. The SMILES string of the molecule is CCC(CS(=O)(=O)c1ccccc1)NC(=NC)NC(C)c1ccc(C)o1. The number of aryl methyl sites for hydroxylation is 1. The molecule has 7 heteroatoms. The maximum Gasteiger partial charge on any atom is 0.191 e. The molecule has 0 aliphatic heterocycles. The molecule has 0 fully saturated rings. The summed E-state index contributed by atoms with van der Waals surface area (Å²) in [5.41, 5.74) is 0. The Morgan fingerprint density at radius 3 is 2.38 bits per heavy atom. The summed E-state index contributed by atoms with van der Waals surface area (Å²) in [6.45, 7) is 5.81. The molecule has 0 aliphatic rings. The highest BCUT2D eigenvalue weighted by atomic mass is 32.2. The van der Waals surface area contributed by atoms with Gasteiger partial charge in [0, 0.05) is 13.1 Å². The first-order valence-corrected chi connectivity index (χ1v) is 10.3. The first-order chi connectivity index (χ1) is 12.4. The number of benzene rings is 1. The van der Waals surface area contributed by atoms with Crippen molar-refractivity contribution in [1.29, 1.82) is 0 Å². The molecule has 142 valence electrons. The lowest BCUT2D eigenvalue weighted by Gasteiger charge is -2.22.